The molecule has 6 heteroatoms. The summed E-state index contributed by atoms with van der Waals surface area (Å²) in [7, 11) is 1.73. The van der Waals surface area contributed by atoms with Gasteiger partial charge in [0.25, 0.3) is 5.91 Å². The average molecular weight is 317 g/mol. The third kappa shape index (κ3) is 4.35. The lowest BCUT2D eigenvalue weighted by Gasteiger charge is -2.17. The van der Waals surface area contributed by atoms with Crippen molar-refractivity contribution in [2.75, 3.05) is 13.7 Å². The predicted molar refractivity (Wildman–Crippen MR) is 83.5 cm³/mol. The predicted octanol–water partition coefficient (Wildman–Crippen LogP) is 2.58. The summed E-state index contributed by atoms with van der Waals surface area (Å²) in [5, 5.41) is 8.57. The summed E-state index contributed by atoms with van der Waals surface area (Å²) in [6, 6.07) is 8.66. The number of rotatable bonds is 7. The molecule has 0 radical (unpaired) electrons. The van der Waals surface area contributed by atoms with E-state index in [1.165, 1.54) is 6.26 Å². The Morgan fingerprint density at radius 3 is 2.52 bits per heavy atom. The van der Waals surface area contributed by atoms with Crippen molar-refractivity contribution in [2.45, 2.75) is 19.9 Å². The first-order valence-corrected chi connectivity index (χ1v) is 7.26. The van der Waals surface area contributed by atoms with Gasteiger partial charge in [0.1, 0.15) is 11.5 Å². The van der Waals surface area contributed by atoms with Gasteiger partial charge in [-0.2, -0.15) is 0 Å². The summed E-state index contributed by atoms with van der Waals surface area (Å²) < 4.78 is 10.4. The maximum Gasteiger partial charge on any atom is 0.341 e. The summed E-state index contributed by atoms with van der Waals surface area (Å²) in [6.07, 6.45) is 2.19. The van der Waals surface area contributed by atoms with Crippen LogP contribution >= 0.6 is 0 Å². The number of aryl methyl sites for hydroxylation is 1. The van der Waals surface area contributed by atoms with Crippen LogP contribution in [0.4, 0.5) is 0 Å². The van der Waals surface area contributed by atoms with Crippen molar-refractivity contribution in [3.05, 3.63) is 53.5 Å². The van der Waals surface area contributed by atoms with E-state index in [1.54, 1.807) is 42.3 Å². The molecule has 0 bridgehead atoms. The molecule has 1 N–H and O–H groups in total. The number of amides is 1. The van der Waals surface area contributed by atoms with Crippen molar-refractivity contribution in [3.63, 3.8) is 0 Å². The van der Waals surface area contributed by atoms with Crippen molar-refractivity contribution < 1.29 is 23.8 Å². The molecule has 0 unspecified atom stereocenters. The second-order valence-corrected chi connectivity index (χ2v) is 5.10. The summed E-state index contributed by atoms with van der Waals surface area (Å²) in [5.41, 5.74) is 1.50. The summed E-state index contributed by atoms with van der Waals surface area (Å²) in [5.74, 6) is 0.0422. The Morgan fingerprint density at radius 2 is 1.91 bits per heavy atom. The summed E-state index contributed by atoms with van der Waals surface area (Å²) in [4.78, 5) is 24.5. The number of aliphatic carboxylic acids is 1. The number of nitrogens with zero attached hydrogens (tertiary/aromatic N) is 1. The fourth-order valence-corrected chi connectivity index (χ4v) is 2.19. The molecular weight excluding hydrogens is 298 g/mol. The highest BCUT2D eigenvalue weighted by atomic mass is 16.5. The lowest BCUT2D eigenvalue weighted by molar-refractivity contribution is -0.139. The standard InChI is InChI=1S/C17H19NO5/c1-3-15-14(8-9-22-15)17(21)18(2)10-12-4-6-13(7-5-12)23-11-16(19)20/h4-9H,3,10-11H2,1-2H3,(H,19,20). The van der Waals surface area contributed by atoms with Crippen molar-refractivity contribution in [2.24, 2.45) is 0 Å². The number of furan rings is 1. The van der Waals surface area contributed by atoms with E-state index >= 15 is 0 Å². The van der Waals surface area contributed by atoms with Crippen LogP contribution in [0.5, 0.6) is 5.75 Å². The Balaban J connectivity index is 1.98. The highest BCUT2D eigenvalue weighted by Crippen LogP contribution is 2.17. The van der Waals surface area contributed by atoms with Gasteiger partial charge in [0.15, 0.2) is 6.61 Å². The van der Waals surface area contributed by atoms with Gasteiger partial charge in [-0.05, 0) is 23.8 Å². The molecule has 0 aliphatic rings. The van der Waals surface area contributed by atoms with E-state index in [9.17, 15) is 9.59 Å². The zero-order valence-corrected chi connectivity index (χ0v) is 13.1. The molecule has 2 aromatic rings. The molecule has 0 aliphatic carbocycles. The molecule has 1 heterocycles. The number of carbonyl (C=O) groups excluding carboxylic acids is 1. The Labute approximate surface area is 134 Å². The monoisotopic (exact) mass is 317 g/mol. The summed E-state index contributed by atoms with van der Waals surface area (Å²) >= 11 is 0. The highest BCUT2D eigenvalue weighted by molar-refractivity contribution is 5.95. The third-order valence-electron chi connectivity index (χ3n) is 3.35. The van der Waals surface area contributed by atoms with Crippen LogP contribution in [-0.2, 0) is 17.8 Å². The maximum absolute atomic E-state index is 12.4. The number of hydrogen-bond donors (Lipinski definition) is 1. The fourth-order valence-electron chi connectivity index (χ4n) is 2.19. The third-order valence-corrected chi connectivity index (χ3v) is 3.35. The quantitative estimate of drug-likeness (QED) is 0.849. The molecule has 0 aliphatic heterocycles. The first-order chi connectivity index (χ1) is 11.0. The maximum atomic E-state index is 12.4. The van der Waals surface area contributed by atoms with Gasteiger partial charge in [-0.15, -0.1) is 0 Å². The van der Waals surface area contributed by atoms with Crippen LogP contribution in [0.25, 0.3) is 0 Å². The lowest BCUT2D eigenvalue weighted by Crippen LogP contribution is -2.26. The van der Waals surface area contributed by atoms with Crippen LogP contribution < -0.4 is 4.74 Å². The van der Waals surface area contributed by atoms with Gasteiger partial charge in [0.05, 0.1) is 11.8 Å². The van der Waals surface area contributed by atoms with Crippen molar-refractivity contribution in [1.29, 1.82) is 0 Å². The van der Waals surface area contributed by atoms with Crippen molar-refractivity contribution in [1.82, 2.24) is 4.90 Å². The van der Waals surface area contributed by atoms with Crippen LogP contribution in [0.15, 0.2) is 41.0 Å². The van der Waals surface area contributed by atoms with E-state index in [0.29, 0.717) is 30.0 Å². The van der Waals surface area contributed by atoms with E-state index in [4.69, 9.17) is 14.3 Å². The minimum Gasteiger partial charge on any atom is -0.482 e. The highest BCUT2D eigenvalue weighted by Gasteiger charge is 2.17. The molecule has 6 nitrogen and oxygen atoms in total. The minimum absolute atomic E-state index is 0.0956. The van der Waals surface area contributed by atoms with Gasteiger partial charge in [0.2, 0.25) is 0 Å². The number of benzene rings is 1. The second-order valence-electron chi connectivity index (χ2n) is 5.10. The summed E-state index contributed by atoms with van der Waals surface area (Å²) in [6.45, 7) is 2.00. The smallest absolute Gasteiger partial charge is 0.341 e. The Bertz CT molecular complexity index is 675. The zero-order valence-electron chi connectivity index (χ0n) is 13.1. The van der Waals surface area contributed by atoms with Crippen LogP contribution in [0.3, 0.4) is 0 Å². The molecule has 2 rings (SSSR count). The molecule has 23 heavy (non-hydrogen) atoms. The topological polar surface area (TPSA) is 80.0 Å². The Kier molecular flexibility index (Phi) is 5.41. The molecule has 1 amide bonds. The molecule has 0 atom stereocenters. The SMILES string of the molecule is CCc1occc1C(=O)N(C)Cc1ccc(OCC(=O)O)cc1. The van der Waals surface area contributed by atoms with E-state index in [0.717, 1.165) is 5.56 Å². The van der Waals surface area contributed by atoms with Crippen LogP contribution in [0.1, 0.15) is 28.6 Å². The molecule has 0 fully saturated rings. The van der Waals surface area contributed by atoms with Gasteiger partial charge in [-0.25, -0.2) is 4.79 Å². The van der Waals surface area contributed by atoms with E-state index in [2.05, 4.69) is 0 Å². The number of carbonyl (C=O) groups is 2. The number of ether oxygens (including phenoxy) is 1. The molecule has 0 saturated heterocycles. The minimum atomic E-state index is -1.02. The largest absolute Gasteiger partial charge is 0.482 e. The molecule has 122 valence electrons. The molecular formula is C17H19NO5. The Morgan fingerprint density at radius 1 is 1.22 bits per heavy atom. The molecule has 1 aromatic heterocycles. The molecule has 0 spiro atoms. The molecule has 0 saturated carbocycles. The van der Waals surface area contributed by atoms with Gasteiger partial charge in [-0.3, -0.25) is 4.79 Å². The lowest BCUT2D eigenvalue weighted by atomic mass is 10.1. The Hall–Kier alpha value is -2.76. The van der Waals surface area contributed by atoms with Crippen molar-refractivity contribution >= 4 is 11.9 Å². The van der Waals surface area contributed by atoms with Crippen LogP contribution in [0.2, 0.25) is 0 Å². The van der Waals surface area contributed by atoms with Gasteiger partial charge in [-0.1, -0.05) is 19.1 Å². The second kappa shape index (κ2) is 7.49. The van der Waals surface area contributed by atoms with Gasteiger partial charge < -0.3 is 19.2 Å². The number of carboxylic acid groups (broad SMARTS) is 1. The number of hydrogen-bond acceptors (Lipinski definition) is 4. The molecule has 1 aromatic carbocycles. The first kappa shape index (κ1) is 16.6. The van der Waals surface area contributed by atoms with E-state index in [1.807, 2.05) is 6.92 Å². The first-order valence-electron chi connectivity index (χ1n) is 7.26. The van der Waals surface area contributed by atoms with Crippen LogP contribution in [0, 0.1) is 0 Å². The fraction of sp³-hybridized carbons (Fsp3) is 0.294. The van der Waals surface area contributed by atoms with Gasteiger partial charge in [0, 0.05) is 20.0 Å². The van der Waals surface area contributed by atoms with E-state index in [-0.39, 0.29) is 12.5 Å². The van der Waals surface area contributed by atoms with Crippen LogP contribution in [-0.4, -0.2) is 35.5 Å². The normalized spacial score (nSPS) is 10.3. The average Bonchev–Trinajstić information content (AvgIpc) is 3.01. The van der Waals surface area contributed by atoms with Gasteiger partial charge >= 0.3 is 5.97 Å². The van der Waals surface area contributed by atoms with Crippen molar-refractivity contribution in [3.8, 4) is 5.75 Å². The number of carboxylic acids is 1. The van der Waals surface area contributed by atoms with E-state index < -0.39 is 5.97 Å². The zero-order chi connectivity index (χ0) is 16.8.